The minimum atomic E-state index is -3.21. The van der Waals surface area contributed by atoms with Crippen LogP contribution in [0.2, 0.25) is 5.02 Å². The van der Waals surface area contributed by atoms with Crippen molar-refractivity contribution in [3.05, 3.63) is 28.8 Å². The van der Waals surface area contributed by atoms with Crippen molar-refractivity contribution in [3.8, 4) is 5.75 Å². The summed E-state index contributed by atoms with van der Waals surface area (Å²) in [4.78, 5) is 13.9. The highest BCUT2D eigenvalue weighted by molar-refractivity contribution is 7.89. The minimum absolute atomic E-state index is 0.0640. The monoisotopic (exact) mass is 332 g/mol. The number of halogens is 1. The van der Waals surface area contributed by atoms with Crippen LogP contribution in [0, 0.1) is 0 Å². The summed E-state index contributed by atoms with van der Waals surface area (Å²) >= 11 is 5.79. The smallest absolute Gasteiger partial charge is 0.253 e. The standard InChI is InChI=1S/C13H17ClN2O4S/c1-2-21(19,20)16-7-5-15(6-8-16)13(18)10-3-4-12(17)11(14)9-10/h3-4,9,17H,2,5-8H2,1H3. The number of carbonyl (C=O) groups excluding carboxylic acids is 1. The van der Waals surface area contributed by atoms with E-state index in [4.69, 9.17) is 11.6 Å². The minimum Gasteiger partial charge on any atom is -0.506 e. The number of benzene rings is 1. The first-order valence-corrected chi connectivity index (χ1v) is 8.59. The van der Waals surface area contributed by atoms with Gasteiger partial charge in [0.05, 0.1) is 10.8 Å². The molecule has 21 heavy (non-hydrogen) atoms. The van der Waals surface area contributed by atoms with Crippen molar-refractivity contribution >= 4 is 27.5 Å². The van der Waals surface area contributed by atoms with E-state index in [0.717, 1.165) is 0 Å². The van der Waals surface area contributed by atoms with Crippen LogP contribution in [0.4, 0.5) is 0 Å². The molecular weight excluding hydrogens is 316 g/mol. The SMILES string of the molecule is CCS(=O)(=O)N1CCN(C(=O)c2ccc(O)c(Cl)c2)CC1. The number of phenols is 1. The number of rotatable bonds is 3. The van der Waals surface area contributed by atoms with Crippen LogP contribution in [0.1, 0.15) is 17.3 Å². The largest absolute Gasteiger partial charge is 0.506 e. The third kappa shape index (κ3) is 3.48. The molecule has 1 N–H and O–H groups in total. The molecule has 0 atom stereocenters. The fourth-order valence-electron chi connectivity index (χ4n) is 2.17. The van der Waals surface area contributed by atoms with Crippen LogP contribution < -0.4 is 0 Å². The Kier molecular flexibility index (Phi) is 4.75. The molecular formula is C13H17ClN2O4S. The molecule has 8 heteroatoms. The van der Waals surface area contributed by atoms with E-state index in [2.05, 4.69) is 0 Å². The molecule has 1 saturated heterocycles. The van der Waals surface area contributed by atoms with Crippen molar-refractivity contribution in [2.45, 2.75) is 6.92 Å². The van der Waals surface area contributed by atoms with Gasteiger partial charge in [-0.2, -0.15) is 4.31 Å². The van der Waals surface area contributed by atoms with E-state index < -0.39 is 10.0 Å². The molecule has 1 heterocycles. The van der Waals surface area contributed by atoms with E-state index in [-0.39, 0.29) is 22.4 Å². The lowest BCUT2D eigenvalue weighted by Gasteiger charge is -2.33. The number of piperazine rings is 1. The second-order valence-corrected chi connectivity index (χ2v) is 7.42. The number of sulfonamides is 1. The van der Waals surface area contributed by atoms with Crippen molar-refractivity contribution in [2.24, 2.45) is 0 Å². The summed E-state index contributed by atoms with van der Waals surface area (Å²) in [5, 5.41) is 9.48. The zero-order valence-electron chi connectivity index (χ0n) is 11.6. The fourth-order valence-corrected chi connectivity index (χ4v) is 3.44. The van der Waals surface area contributed by atoms with Gasteiger partial charge >= 0.3 is 0 Å². The number of aromatic hydroxyl groups is 1. The van der Waals surface area contributed by atoms with Gasteiger partial charge in [0.1, 0.15) is 5.75 Å². The predicted octanol–water partition coefficient (Wildman–Crippen LogP) is 1.15. The first-order chi connectivity index (χ1) is 9.85. The van der Waals surface area contributed by atoms with Crippen molar-refractivity contribution in [1.82, 2.24) is 9.21 Å². The molecule has 0 bridgehead atoms. The van der Waals surface area contributed by atoms with E-state index in [0.29, 0.717) is 31.7 Å². The molecule has 0 saturated carbocycles. The van der Waals surface area contributed by atoms with E-state index in [1.54, 1.807) is 11.8 Å². The molecule has 0 spiro atoms. The molecule has 116 valence electrons. The first-order valence-electron chi connectivity index (χ1n) is 6.60. The normalized spacial score (nSPS) is 17.0. The summed E-state index contributed by atoms with van der Waals surface area (Å²) < 4.78 is 24.9. The lowest BCUT2D eigenvalue weighted by atomic mass is 10.2. The Labute approximate surface area is 129 Å². The molecule has 2 rings (SSSR count). The van der Waals surface area contributed by atoms with Crippen molar-refractivity contribution < 1.29 is 18.3 Å². The number of phenolic OH excluding ortho intramolecular Hbond substituents is 1. The number of hydrogen-bond acceptors (Lipinski definition) is 4. The maximum Gasteiger partial charge on any atom is 0.253 e. The number of carbonyl (C=O) groups is 1. The molecule has 6 nitrogen and oxygen atoms in total. The van der Waals surface area contributed by atoms with Crippen LogP contribution in [-0.2, 0) is 10.0 Å². The maximum absolute atomic E-state index is 12.3. The van der Waals surface area contributed by atoms with Gasteiger partial charge in [0.2, 0.25) is 10.0 Å². The van der Waals surface area contributed by atoms with Gasteiger partial charge in [0.15, 0.2) is 0 Å². The van der Waals surface area contributed by atoms with E-state index >= 15 is 0 Å². The van der Waals surface area contributed by atoms with Gasteiger partial charge in [-0.25, -0.2) is 8.42 Å². The lowest BCUT2D eigenvalue weighted by molar-refractivity contribution is 0.0698. The molecule has 1 aromatic rings. The van der Waals surface area contributed by atoms with Crippen molar-refractivity contribution in [1.29, 1.82) is 0 Å². The predicted molar refractivity (Wildman–Crippen MR) is 80.1 cm³/mol. The summed E-state index contributed by atoms with van der Waals surface area (Å²) in [5.74, 6) is -0.230. The first kappa shape index (κ1) is 16.1. The van der Waals surface area contributed by atoms with Gasteiger partial charge in [0, 0.05) is 31.7 Å². The highest BCUT2D eigenvalue weighted by Gasteiger charge is 2.28. The average molecular weight is 333 g/mol. The third-order valence-corrected chi connectivity index (χ3v) is 5.66. The highest BCUT2D eigenvalue weighted by atomic mass is 35.5. The molecule has 1 aliphatic rings. The summed E-state index contributed by atoms with van der Waals surface area (Å²) in [6, 6.07) is 4.28. The summed E-state index contributed by atoms with van der Waals surface area (Å²) in [5.41, 5.74) is 0.379. The summed E-state index contributed by atoms with van der Waals surface area (Å²) in [6.45, 7) is 2.89. The Bertz CT molecular complexity index is 640. The zero-order valence-corrected chi connectivity index (χ0v) is 13.2. The van der Waals surface area contributed by atoms with Gasteiger partial charge in [-0.05, 0) is 25.1 Å². The quantitative estimate of drug-likeness (QED) is 0.900. The fraction of sp³-hybridized carbons (Fsp3) is 0.462. The van der Waals surface area contributed by atoms with Gasteiger partial charge in [-0.3, -0.25) is 4.79 Å². The summed E-state index contributed by atoms with van der Waals surface area (Å²) in [7, 11) is -3.21. The maximum atomic E-state index is 12.3. The second kappa shape index (κ2) is 6.21. The van der Waals surface area contributed by atoms with E-state index in [9.17, 15) is 18.3 Å². The molecule has 0 unspecified atom stereocenters. The molecule has 0 aliphatic carbocycles. The average Bonchev–Trinajstić information content (AvgIpc) is 2.49. The number of hydrogen-bond donors (Lipinski definition) is 1. The van der Waals surface area contributed by atoms with Crippen LogP contribution in [0.5, 0.6) is 5.75 Å². The van der Waals surface area contributed by atoms with Gasteiger partial charge in [-0.1, -0.05) is 11.6 Å². The third-order valence-electron chi connectivity index (χ3n) is 3.48. The van der Waals surface area contributed by atoms with Crippen LogP contribution in [0.25, 0.3) is 0 Å². The number of amides is 1. The van der Waals surface area contributed by atoms with Crippen molar-refractivity contribution in [3.63, 3.8) is 0 Å². The van der Waals surface area contributed by atoms with Gasteiger partial charge in [0.25, 0.3) is 5.91 Å². The van der Waals surface area contributed by atoms with E-state index in [1.807, 2.05) is 0 Å². The van der Waals surface area contributed by atoms with E-state index in [1.165, 1.54) is 22.5 Å². The molecule has 0 aromatic heterocycles. The summed E-state index contributed by atoms with van der Waals surface area (Å²) in [6.07, 6.45) is 0. The van der Waals surface area contributed by atoms with Gasteiger partial charge < -0.3 is 10.0 Å². The van der Waals surface area contributed by atoms with Crippen LogP contribution in [0.3, 0.4) is 0 Å². The van der Waals surface area contributed by atoms with Crippen LogP contribution in [0.15, 0.2) is 18.2 Å². The molecule has 1 aliphatic heterocycles. The Morgan fingerprint density at radius 2 is 1.90 bits per heavy atom. The lowest BCUT2D eigenvalue weighted by Crippen LogP contribution is -2.50. The second-order valence-electron chi connectivity index (χ2n) is 4.76. The topological polar surface area (TPSA) is 77.9 Å². The Hall–Kier alpha value is -1.31. The Morgan fingerprint density at radius 1 is 1.29 bits per heavy atom. The van der Waals surface area contributed by atoms with Crippen LogP contribution >= 0.6 is 11.6 Å². The Morgan fingerprint density at radius 3 is 2.43 bits per heavy atom. The number of nitrogens with zero attached hydrogens (tertiary/aromatic N) is 2. The highest BCUT2D eigenvalue weighted by Crippen LogP contribution is 2.24. The van der Waals surface area contributed by atoms with Gasteiger partial charge in [-0.15, -0.1) is 0 Å². The molecule has 1 amide bonds. The molecule has 1 aromatic carbocycles. The van der Waals surface area contributed by atoms with Crippen molar-refractivity contribution in [2.75, 3.05) is 31.9 Å². The molecule has 1 fully saturated rings. The molecule has 0 radical (unpaired) electrons. The Balaban J connectivity index is 2.05. The zero-order chi connectivity index (χ0) is 15.6. The van der Waals surface area contributed by atoms with Crippen LogP contribution in [-0.4, -0.2) is 60.6 Å².